The highest BCUT2D eigenvalue weighted by Gasteiger charge is 2.51. The molecule has 1 N–H and O–H groups in total. The molecule has 7 nitrogen and oxygen atoms in total. The Balaban J connectivity index is 1.87. The van der Waals surface area contributed by atoms with Crippen molar-refractivity contribution < 1.29 is 23.5 Å². The zero-order valence-corrected chi connectivity index (χ0v) is 13.7. The van der Waals surface area contributed by atoms with Gasteiger partial charge in [0.15, 0.2) is 5.54 Å². The molecule has 1 aliphatic heterocycles. The van der Waals surface area contributed by atoms with Gasteiger partial charge in [0.05, 0.1) is 6.10 Å². The molecule has 7 heteroatoms. The number of amides is 3. The van der Waals surface area contributed by atoms with Gasteiger partial charge in [-0.15, -0.1) is 0 Å². The Labute approximate surface area is 138 Å². The van der Waals surface area contributed by atoms with E-state index in [4.69, 9.17) is 9.15 Å². The molecular formula is C17H18N2O5. The first-order chi connectivity index (χ1) is 11.3. The van der Waals surface area contributed by atoms with E-state index in [2.05, 4.69) is 5.32 Å². The van der Waals surface area contributed by atoms with Crippen LogP contribution in [0.1, 0.15) is 26.5 Å². The Bertz CT molecular complexity index is 792. The third kappa shape index (κ3) is 2.62. The molecule has 1 aromatic carbocycles. The number of nitrogens with one attached hydrogen (secondary N) is 1. The van der Waals surface area contributed by atoms with Gasteiger partial charge in [-0.2, -0.15) is 0 Å². The molecule has 1 saturated heterocycles. The van der Waals surface area contributed by atoms with Crippen molar-refractivity contribution in [1.82, 2.24) is 10.2 Å². The molecule has 0 saturated carbocycles. The second-order valence-corrected chi connectivity index (χ2v) is 6.13. The molecular weight excluding hydrogens is 312 g/mol. The first-order valence-electron chi connectivity index (χ1n) is 7.64. The Morgan fingerprint density at radius 3 is 2.71 bits per heavy atom. The number of furan rings is 1. The first-order valence-corrected chi connectivity index (χ1v) is 7.64. The molecule has 1 aliphatic rings. The number of benzene rings is 1. The largest absolute Gasteiger partial charge is 0.462 e. The van der Waals surface area contributed by atoms with E-state index in [1.807, 2.05) is 18.2 Å². The molecule has 0 spiro atoms. The number of carbonyl (C=O) groups excluding carboxylic acids is 3. The summed E-state index contributed by atoms with van der Waals surface area (Å²) >= 11 is 0. The van der Waals surface area contributed by atoms with Crippen LogP contribution in [0.25, 0.3) is 11.0 Å². The van der Waals surface area contributed by atoms with E-state index < -0.39 is 30.0 Å². The topological polar surface area (TPSA) is 88.8 Å². The minimum atomic E-state index is -1.35. The van der Waals surface area contributed by atoms with Gasteiger partial charge in [0.1, 0.15) is 17.9 Å². The Morgan fingerprint density at radius 1 is 1.33 bits per heavy atom. The smallest absolute Gasteiger partial charge is 0.326 e. The number of urea groups is 1. The summed E-state index contributed by atoms with van der Waals surface area (Å²) in [5.41, 5.74) is -0.734. The fraction of sp³-hybridized carbons (Fsp3) is 0.353. The number of imide groups is 1. The van der Waals surface area contributed by atoms with Gasteiger partial charge in [-0.25, -0.2) is 4.79 Å². The molecule has 1 atom stereocenters. The predicted molar refractivity (Wildman–Crippen MR) is 85.0 cm³/mol. The molecule has 3 amide bonds. The molecule has 0 radical (unpaired) electrons. The Morgan fingerprint density at radius 2 is 2.04 bits per heavy atom. The van der Waals surface area contributed by atoms with Crippen LogP contribution in [0.4, 0.5) is 4.79 Å². The second-order valence-electron chi connectivity index (χ2n) is 6.13. The fourth-order valence-electron chi connectivity index (χ4n) is 2.67. The number of nitrogens with zero attached hydrogens (tertiary/aromatic N) is 1. The van der Waals surface area contributed by atoms with Gasteiger partial charge in [0.25, 0.3) is 5.91 Å². The summed E-state index contributed by atoms with van der Waals surface area (Å²) in [4.78, 5) is 37.5. The number of esters is 1. The zero-order valence-electron chi connectivity index (χ0n) is 13.7. The summed E-state index contributed by atoms with van der Waals surface area (Å²) in [6.45, 7) is 4.52. The minimum Gasteiger partial charge on any atom is -0.462 e. The highest BCUT2D eigenvalue weighted by Crippen LogP contribution is 2.32. The number of fused-ring (bicyclic) bond motifs is 1. The van der Waals surface area contributed by atoms with Crippen molar-refractivity contribution in [3.8, 4) is 0 Å². The molecule has 1 aromatic heterocycles. The van der Waals surface area contributed by atoms with Gasteiger partial charge in [-0.1, -0.05) is 18.2 Å². The Hall–Kier alpha value is -2.83. The van der Waals surface area contributed by atoms with Crippen LogP contribution >= 0.6 is 0 Å². The van der Waals surface area contributed by atoms with Crippen molar-refractivity contribution >= 4 is 28.9 Å². The van der Waals surface area contributed by atoms with E-state index in [0.717, 1.165) is 10.3 Å². The Kier molecular flexibility index (Phi) is 3.79. The van der Waals surface area contributed by atoms with Gasteiger partial charge >= 0.3 is 12.0 Å². The standard InChI is InChI=1S/C17H18N2O5/c1-10(2)23-14(20)9-19-15(21)17(3,18-16(19)22)13-8-11-6-4-5-7-12(11)24-13/h4-8,10H,9H2,1-3H3,(H,18,22)/t17-/m1/s1. The van der Waals surface area contributed by atoms with Crippen molar-refractivity contribution in [1.29, 1.82) is 0 Å². The zero-order chi connectivity index (χ0) is 17.5. The molecule has 0 bridgehead atoms. The average Bonchev–Trinajstić information content (AvgIpc) is 3.03. The number of rotatable bonds is 4. The van der Waals surface area contributed by atoms with E-state index in [9.17, 15) is 14.4 Å². The van der Waals surface area contributed by atoms with Gasteiger partial charge in [0.2, 0.25) is 0 Å². The number of carbonyl (C=O) groups is 3. The van der Waals surface area contributed by atoms with E-state index >= 15 is 0 Å². The third-order valence-corrected chi connectivity index (χ3v) is 3.85. The predicted octanol–water partition coefficient (Wildman–Crippen LogP) is 2.15. The number of hydrogen-bond acceptors (Lipinski definition) is 5. The molecule has 0 aliphatic carbocycles. The lowest BCUT2D eigenvalue weighted by Gasteiger charge is -2.19. The number of para-hydroxylation sites is 1. The monoisotopic (exact) mass is 330 g/mol. The normalized spacial score (nSPS) is 20.8. The molecule has 0 unspecified atom stereocenters. The minimum absolute atomic E-state index is 0.319. The van der Waals surface area contributed by atoms with Crippen LogP contribution in [-0.2, 0) is 19.9 Å². The molecule has 1 fully saturated rings. The van der Waals surface area contributed by atoms with E-state index in [-0.39, 0.29) is 6.10 Å². The highest BCUT2D eigenvalue weighted by molar-refractivity contribution is 6.08. The second kappa shape index (κ2) is 5.67. The molecule has 126 valence electrons. The van der Waals surface area contributed by atoms with Crippen LogP contribution in [0.15, 0.2) is 34.7 Å². The third-order valence-electron chi connectivity index (χ3n) is 3.85. The quantitative estimate of drug-likeness (QED) is 0.685. The lowest BCUT2D eigenvalue weighted by Crippen LogP contribution is -2.41. The van der Waals surface area contributed by atoms with Crippen molar-refractivity contribution in [2.45, 2.75) is 32.4 Å². The summed E-state index contributed by atoms with van der Waals surface area (Å²) in [7, 11) is 0. The van der Waals surface area contributed by atoms with Crippen molar-refractivity contribution in [2.75, 3.05) is 6.54 Å². The van der Waals surface area contributed by atoms with Gasteiger partial charge in [-0.3, -0.25) is 14.5 Å². The van der Waals surface area contributed by atoms with Gasteiger partial charge in [0, 0.05) is 5.39 Å². The lowest BCUT2D eigenvalue weighted by molar-refractivity contribution is -0.151. The van der Waals surface area contributed by atoms with E-state index in [0.29, 0.717) is 11.3 Å². The van der Waals surface area contributed by atoms with Crippen LogP contribution in [0, 0.1) is 0 Å². The number of ether oxygens (including phenoxy) is 1. The molecule has 24 heavy (non-hydrogen) atoms. The van der Waals surface area contributed by atoms with E-state index in [1.165, 1.54) is 0 Å². The summed E-state index contributed by atoms with van der Waals surface area (Å²) < 4.78 is 10.7. The van der Waals surface area contributed by atoms with Crippen LogP contribution in [0.3, 0.4) is 0 Å². The molecule has 2 aromatic rings. The molecule has 3 rings (SSSR count). The average molecular weight is 330 g/mol. The maximum Gasteiger partial charge on any atom is 0.326 e. The van der Waals surface area contributed by atoms with Crippen LogP contribution in [0.2, 0.25) is 0 Å². The fourth-order valence-corrected chi connectivity index (χ4v) is 2.67. The maximum atomic E-state index is 12.7. The number of hydrogen-bond donors (Lipinski definition) is 1. The van der Waals surface area contributed by atoms with Crippen LogP contribution in [-0.4, -0.2) is 35.5 Å². The van der Waals surface area contributed by atoms with Gasteiger partial charge < -0.3 is 14.5 Å². The SMILES string of the molecule is CC(C)OC(=O)CN1C(=O)N[C@](C)(c2cc3ccccc3o2)C1=O. The van der Waals surface area contributed by atoms with Crippen LogP contribution < -0.4 is 5.32 Å². The summed E-state index contributed by atoms with van der Waals surface area (Å²) in [5.74, 6) is -0.864. The van der Waals surface area contributed by atoms with Crippen molar-refractivity contribution in [3.63, 3.8) is 0 Å². The maximum absolute atomic E-state index is 12.7. The van der Waals surface area contributed by atoms with Crippen molar-refractivity contribution in [2.24, 2.45) is 0 Å². The highest BCUT2D eigenvalue weighted by atomic mass is 16.5. The summed E-state index contributed by atoms with van der Waals surface area (Å²) in [6, 6.07) is 8.37. The lowest BCUT2D eigenvalue weighted by atomic mass is 9.99. The first kappa shape index (κ1) is 16.0. The molecule has 2 heterocycles. The van der Waals surface area contributed by atoms with E-state index in [1.54, 1.807) is 32.9 Å². The van der Waals surface area contributed by atoms with Crippen LogP contribution in [0.5, 0.6) is 0 Å². The van der Waals surface area contributed by atoms with Gasteiger partial charge in [-0.05, 0) is 32.9 Å². The summed E-state index contributed by atoms with van der Waals surface area (Å²) in [6.07, 6.45) is -0.319. The van der Waals surface area contributed by atoms with Crippen molar-refractivity contribution in [3.05, 3.63) is 36.1 Å². The summed E-state index contributed by atoms with van der Waals surface area (Å²) in [5, 5.41) is 3.43.